The fourth-order valence-corrected chi connectivity index (χ4v) is 3.40. The number of anilines is 1. The first-order valence-corrected chi connectivity index (χ1v) is 9.19. The Hall–Kier alpha value is -3.29. The summed E-state index contributed by atoms with van der Waals surface area (Å²) < 4.78 is 11.4. The maximum absolute atomic E-state index is 11.5. The maximum Gasteiger partial charge on any atom is 0.293 e. The first-order chi connectivity index (χ1) is 13.4. The number of hydrogen-bond acceptors (Lipinski definition) is 6. The molecule has 0 spiro atoms. The van der Waals surface area contributed by atoms with Gasteiger partial charge in [0.1, 0.15) is 5.69 Å². The van der Waals surface area contributed by atoms with Gasteiger partial charge in [-0.15, -0.1) is 0 Å². The summed E-state index contributed by atoms with van der Waals surface area (Å²) in [6.07, 6.45) is 0.719. The number of ether oxygens (including phenoxy) is 2. The summed E-state index contributed by atoms with van der Waals surface area (Å²) in [5, 5.41) is 11.5. The van der Waals surface area contributed by atoms with E-state index in [4.69, 9.17) is 15.2 Å². The van der Waals surface area contributed by atoms with Gasteiger partial charge < -0.3 is 20.1 Å². The van der Waals surface area contributed by atoms with Crippen LogP contribution in [0.3, 0.4) is 0 Å². The lowest BCUT2D eigenvalue weighted by Crippen LogP contribution is -2.31. The summed E-state index contributed by atoms with van der Waals surface area (Å²) >= 11 is 0. The predicted octanol–water partition coefficient (Wildman–Crippen LogP) is 3.05. The summed E-state index contributed by atoms with van der Waals surface area (Å²) in [5.41, 5.74) is 7.88. The second-order valence-corrected chi connectivity index (χ2v) is 6.43. The molecule has 0 saturated carbocycles. The van der Waals surface area contributed by atoms with Gasteiger partial charge in [-0.05, 0) is 55.7 Å². The quantitative estimate of drug-likeness (QED) is 0.580. The molecule has 8 nitrogen and oxygen atoms in total. The number of rotatable bonds is 7. The zero-order valence-corrected chi connectivity index (χ0v) is 15.9. The second-order valence-electron chi connectivity index (χ2n) is 6.43. The third-order valence-corrected chi connectivity index (χ3v) is 4.68. The Bertz CT molecular complexity index is 913. The van der Waals surface area contributed by atoms with E-state index in [-0.39, 0.29) is 11.3 Å². The minimum absolute atomic E-state index is 0.118. The molecule has 0 fully saturated rings. The smallest absolute Gasteiger partial charge is 0.293 e. The molecule has 0 saturated heterocycles. The average molecular weight is 385 g/mol. The van der Waals surface area contributed by atoms with Crippen molar-refractivity contribution in [1.29, 1.82) is 0 Å². The fraction of sp³-hybridized carbons (Fsp3) is 0.350. The molecule has 2 N–H and O–H groups in total. The number of nitrogens with two attached hydrogens (primary N) is 1. The molecule has 1 heterocycles. The van der Waals surface area contributed by atoms with Gasteiger partial charge in [0.25, 0.3) is 5.69 Å². The molecular formula is C20H23N3O5. The van der Waals surface area contributed by atoms with Crippen LogP contribution < -0.4 is 20.1 Å². The van der Waals surface area contributed by atoms with E-state index in [9.17, 15) is 14.9 Å². The van der Waals surface area contributed by atoms with Crippen LogP contribution in [0.2, 0.25) is 0 Å². The van der Waals surface area contributed by atoms with Crippen molar-refractivity contribution < 1.29 is 19.2 Å². The standard InChI is InChI=1S/C20H23N3O5/c1-3-27-18-10-13-7-8-22(12-15(13)11-19(18)28-4-2)16-6-5-14(20(21)24)9-17(16)23(25)26/h5-6,9-11H,3-4,7-8,12H2,1-2H3,(H2,21,24). The van der Waals surface area contributed by atoms with Gasteiger partial charge in [-0.2, -0.15) is 0 Å². The molecule has 0 atom stereocenters. The Labute approximate surface area is 163 Å². The summed E-state index contributed by atoms with van der Waals surface area (Å²) in [6.45, 7) is 6.00. The van der Waals surface area contributed by atoms with Crippen LogP contribution in [-0.2, 0) is 13.0 Å². The van der Waals surface area contributed by atoms with E-state index in [0.29, 0.717) is 43.5 Å². The minimum Gasteiger partial charge on any atom is -0.490 e. The highest BCUT2D eigenvalue weighted by Gasteiger charge is 2.26. The maximum atomic E-state index is 11.5. The Balaban J connectivity index is 1.96. The van der Waals surface area contributed by atoms with E-state index < -0.39 is 10.8 Å². The predicted molar refractivity (Wildman–Crippen MR) is 105 cm³/mol. The average Bonchev–Trinajstić information content (AvgIpc) is 2.68. The van der Waals surface area contributed by atoms with Crippen LogP contribution in [0.15, 0.2) is 30.3 Å². The van der Waals surface area contributed by atoms with Crippen molar-refractivity contribution in [2.45, 2.75) is 26.8 Å². The van der Waals surface area contributed by atoms with E-state index in [1.165, 1.54) is 12.1 Å². The molecule has 0 unspecified atom stereocenters. The van der Waals surface area contributed by atoms with Crippen LogP contribution in [0.5, 0.6) is 11.5 Å². The molecule has 28 heavy (non-hydrogen) atoms. The molecular weight excluding hydrogens is 362 g/mol. The van der Waals surface area contributed by atoms with Gasteiger partial charge in [0.15, 0.2) is 11.5 Å². The summed E-state index contributed by atoms with van der Waals surface area (Å²) in [4.78, 5) is 24.3. The van der Waals surface area contributed by atoms with E-state index in [0.717, 1.165) is 17.5 Å². The van der Waals surface area contributed by atoms with Crippen molar-refractivity contribution in [1.82, 2.24) is 0 Å². The van der Waals surface area contributed by atoms with Gasteiger partial charge in [0.05, 0.1) is 18.1 Å². The molecule has 0 bridgehead atoms. The zero-order valence-electron chi connectivity index (χ0n) is 15.9. The normalized spacial score (nSPS) is 13.0. The molecule has 148 valence electrons. The molecule has 1 aliphatic rings. The van der Waals surface area contributed by atoms with Gasteiger partial charge >= 0.3 is 0 Å². The number of benzene rings is 2. The molecule has 3 rings (SSSR count). The molecule has 1 amide bonds. The number of nitro benzene ring substituents is 1. The number of primary amides is 1. The summed E-state index contributed by atoms with van der Waals surface area (Å²) in [5.74, 6) is 0.695. The minimum atomic E-state index is -0.691. The molecule has 2 aromatic rings. The monoisotopic (exact) mass is 385 g/mol. The van der Waals surface area contributed by atoms with Crippen LogP contribution in [0.4, 0.5) is 11.4 Å². The molecule has 0 radical (unpaired) electrons. The van der Waals surface area contributed by atoms with E-state index >= 15 is 0 Å². The van der Waals surface area contributed by atoms with Gasteiger partial charge in [-0.3, -0.25) is 14.9 Å². The van der Waals surface area contributed by atoms with Crippen molar-refractivity contribution in [3.63, 3.8) is 0 Å². The third kappa shape index (κ3) is 3.85. The van der Waals surface area contributed by atoms with Crippen molar-refractivity contribution in [2.24, 2.45) is 5.73 Å². The molecule has 2 aromatic carbocycles. The van der Waals surface area contributed by atoms with Crippen molar-refractivity contribution in [3.8, 4) is 11.5 Å². The second kappa shape index (κ2) is 8.16. The van der Waals surface area contributed by atoms with Crippen LogP contribution in [0.25, 0.3) is 0 Å². The lowest BCUT2D eigenvalue weighted by molar-refractivity contribution is -0.384. The number of hydrogen-bond donors (Lipinski definition) is 1. The molecule has 8 heteroatoms. The summed E-state index contributed by atoms with van der Waals surface area (Å²) in [7, 11) is 0. The number of amides is 1. The van der Waals surface area contributed by atoms with Crippen LogP contribution >= 0.6 is 0 Å². The summed E-state index contributed by atoms with van der Waals surface area (Å²) in [6, 6.07) is 8.27. The van der Waals surface area contributed by atoms with Crippen LogP contribution in [0, 0.1) is 10.1 Å². The zero-order chi connectivity index (χ0) is 20.3. The largest absolute Gasteiger partial charge is 0.490 e. The molecule has 1 aliphatic heterocycles. The van der Waals surface area contributed by atoms with E-state index in [1.54, 1.807) is 6.07 Å². The van der Waals surface area contributed by atoms with Gasteiger partial charge in [-0.1, -0.05) is 0 Å². The van der Waals surface area contributed by atoms with Gasteiger partial charge in [0.2, 0.25) is 5.91 Å². The third-order valence-electron chi connectivity index (χ3n) is 4.68. The van der Waals surface area contributed by atoms with Crippen molar-refractivity contribution in [2.75, 3.05) is 24.7 Å². The van der Waals surface area contributed by atoms with Crippen LogP contribution in [-0.4, -0.2) is 30.6 Å². The molecule has 0 aliphatic carbocycles. The lowest BCUT2D eigenvalue weighted by atomic mass is 9.98. The van der Waals surface area contributed by atoms with E-state index in [2.05, 4.69) is 0 Å². The van der Waals surface area contributed by atoms with Crippen molar-refractivity contribution in [3.05, 3.63) is 57.1 Å². The van der Waals surface area contributed by atoms with Gasteiger partial charge in [-0.25, -0.2) is 0 Å². The number of carbonyl (C=O) groups excluding carboxylic acids is 1. The Morgan fingerprint density at radius 2 is 1.79 bits per heavy atom. The Kier molecular flexibility index (Phi) is 5.67. The number of nitro groups is 1. The first kappa shape index (κ1) is 19.5. The highest BCUT2D eigenvalue weighted by atomic mass is 16.6. The van der Waals surface area contributed by atoms with E-state index in [1.807, 2.05) is 30.9 Å². The highest BCUT2D eigenvalue weighted by molar-refractivity contribution is 5.94. The topological polar surface area (TPSA) is 108 Å². The first-order valence-electron chi connectivity index (χ1n) is 9.19. The lowest BCUT2D eigenvalue weighted by Gasteiger charge is -2.31. The highest BCUT2D eigenvalue weighted by Crippen LogP contribution is 2.37. The fourth-order valence-electron chi connectivity index (χ4n) is 3.40. The van der Waals surface area contributed by atoms with Gasteiger partial charge in [0, 0.05) is 24.7 Å². The number of carbonyl (C=O) groups is 1. The Morgan fingerprint density at radius 1 is 1.14 bits per heavy atom. The molecule has 0 aromatic heterocycles. The Morgan fingerprint density at radius 3 is 2.36 bits per heavy atom. The van der Waals surface area contributed by atoms with Crippen molar-refractivity contribution >= 4 is 17.3 Å². The number of nitrogens with zero attached hydrogens (tertiary/aromatic N) is 2. The number of fused-ring (bicyclic) bond motifs is 1. The SMILES string of the molecule is CCOc1cc2c(cc1OCC)CN(c1ccc(C(N)=O)cc1[N+](=O)[O-])CC2. The van der Waals surface area contributed by atoms with Crippen LogP contribution in [0.1, 0.15) is 35.3 Å².